The summed E-state index contributed by atoms with van der Waals surface area (Å²) in [6, 6.07) is 0. The fourth-order valence-electron chi connectivity index (χ4n) is 2.44. The Labute approximate surface area is 72.0 Å². The molecule has 1 fully saturated rings. The topological polar surface area (TPSA) is 0 Å². The van der Waals surface area contributed by atoms with Gasteiger partial charge in [-0.1, -0.05) is 45.8 Å². The first-order valence-electron chi connectivity index (χ1n) is 5.27. The molecule has 1 heteroatoms. The predicted octanol–water partition coefficient (Wildman–Crippen LogP) is 3.25. The monoisotopic (exact) mass is 152 g/mol. The molecule has 1 rings (SSSR count). The van der Waals surface area contributed by atoms with Crippen molar-refractivity contribution >= 4 is 7.28 Å². The van der Waals surface area contributed by atoms with Gasteiger partial charge in [0.1, 0.15) is 7.28 Å². The minimum absolute atomic E-state index is 0.714. The van der Waals surface area contributed by atoms with E-state index in [1.807, 2.05) is 0 Å². The van der Waals surface area contributed by atoms with Crippen LogP contribution in [0.25, 0.3) is 0 Å². The fraction of sp³-hybridized carbons (Fsp3) is 1.00. The third-order valence-electron chi connectivity index (χ3n) is 3.16. The normalized spacial score (nSPS) is 24.2. The maximum absolute atomic E-state index is 2.49. The highest BCUT2D eigenvalue weighted by Gasteiger charge is 2.23. The van der Waals surface area contributed by atoms with E-state index in [1.54, 1.807) is 0 Å². The molecule has 0 bridgehead atoms. The molecular weight excluding hydrogens is 131 g/mol. The summed E-state index contributed by atoms with van der Waals surface area (Å²) < 4.78 is 0. The van der Waals surface area contributed by atoms with Crippen molar-refractivity contribution in [1.29, 1.82) is 0 Å². The van der Waals surface area contributed by atoms with E-state index < -0.39 is 0 Å². The minimum Gasteiger partial charge on any atom is -0.0893 e. The molecule has 0 spiro atoms. The Hall–Kier alpha value is 0.0649. The van der Waals surface area contributed by atoms with E-state index in [-0.39, 0.29) is 0 Å². The first-order valence-corrected chi connectivity index (χ1v) is 5.27. The van der Waals surface area contributed by atoms with Gasteiger partial charge in [-0.15, -0.1) is 0 Å². The Morgan fingerprint density at radius 1 is 1.09 bits per heavy atom. The van der Waals surface area contributed by atoms with Gasteiger partial charge in [0.25, 0.3) is 0 Å². The second kappa shape index (κ2) is 4.18. The molecule has 11 heavy (non-hydrogen) atoms. The van der Waals surface area contributed by atoms with Crippen LogP contribution in [0.3, 0.4) is 0 Å². The lowest BCUT2D eigenvalue weighted by Crippen LogP contribution is -2.16. The lowest BCUT2D eigenvalue weighted by atomic mass is 9.63. The van der Waals surface area contributed by atoms with Gasteiger partial charge in [0.05, 0.1) is 0 Å². The van der Waals surface area contributed by atoms with Crippen molar-refractivity contribution in [2.45, 2.75) is 58.6 Å². The van der Waals surface area contributed by atoms with E-state index in [4.69, 9.17) is 0 Å². The van der Waals surface area contributed by atoms with Crippen LogP contribution in [0, 0.1) is 5.41 Å². The molecule has 0 heterocycles. The van der Waals surface area contributed by atoms with Crippen molar-refractivity contribution in [2.75, 3.05) is 0 Å². The second-order valence-electron chi connectivity index (χ2n) is 4.47. The molecule has 0 aromatic heterocycles. The zero-order chi connectivity index (χ0) is 8.16. The van der Waals surface area contributed by atoms with E-state index in [0.717, 1.165) is 0 Å². The Bertz CT molecular complexity index is 101. The van der Waals surface area contributed by atoms with Crippen LogP contribution < -0.4 is 0 Å². The average Bonchev–Trinajstić information content (AvgIpc) is 2.15. The first-order chi connectivity index (χ1) is 5.27. The number of hydrogen-bond acceptors (Lipinski definition) is 0. The maximum atomic E-state index is 2.49. The first kappa shape index (κ1) is 9.16. The van der Waals surface area contributed by atoms with Crippen molar-refractivity contribution in [3.8, 4) is 0 Å². The van der Waals surface area contributed by atoms with Crippen molar-refractivity contribution in [3.05, 3.63) is 0 Å². The number of rotatable bonds is 2. The highest BCUT2D eigenvalue weighted by molar-refractivity contribution is 6.33. The van der Waals surface area contributed by atoms with Crippen LogP contribution >= 0.6 is 0 Å². The Morgan fingerprint density at radius 2 is 1.64 bits per heavy atom. The SMILES string of the molecule is CBCC1(C)CCCCCC1. The van der Waals surface area contributed by atoms with Crippen LogP contribution in [-0.4, -0.2) is 7.28 Å². The molecule has 0 radical (unpaired) electrons. The van der Waals surface area contributed by atoms with Crippen molar-refractivity contribution in [3.63, 3.8) is 0 Å². The Morgan fingerprint density at radius 3 is 2.09 bits per heavy atom. The summed E-state index contributed by atoms with van der Waals surface area (Å²) in [5, 5.41) is 0. The predicted molar refractivity (Wildman–Crippen MR) is 53.6 cm³/mol. The van der Waals surface area contributed by atoms with E-state index in [0.29, 0.717) is 5.41 Å². The summed E-state index contributed by atoms with van der Waals surface area (Å²) in [6.45, 7) is 4.80. The van der Waals surface area contributed by atoms with Crippen LogP contribution in [0.4, 0.5) is 0 Å². The smallest absolute Gasteiger partial charge is 0.0893 e. The number of hydrogen-bond donors (Lipinski definition) is 0. The van der Waals surface area contributed by atoms with Crippen LogP contribution in [0.2, 0.25) is 13.1 Å². The van der Waals surface area contributed by atoms with Crippen LogP contribution in [0.15, 0.2) is 0 Å². The van der Waals surface area contributed by atoms with Crippen molar-refractivity contribution < 1.29 is 0 Å². The van der Waals surface area contributed by atoms with E-state index in [9.17, 15) is 0 Å². The van der Waals surface area contributed by atoms with Crippen molar-refractivity contribution in [2.24, 2.45) is 5.41 Å². The van der Waals surface area contributed by atoms with Gasteiger partial charge in [0.2, 0.25) is 0 Å². The van der Waals surface area contributed by atoms with Gasteiger partial charge in [-0.25, -0.2) is 0 Å². The molecule has 0 atom stereocenters. The summed E-state index contributed by atoms with van der Waals surface area (Å²) in [5.41, 5.74) is 0.714. The third-order valence-corrected chi connectivity index (χ3v) is 3.16. The molecule has 0 aliphatic heterocycles. The lowest BCUT2D eigenvalue weighted by molar-refractivity contribution is 0.313. The molecule has 0 N–H and O–H groups in total. The summed E-state index contributed by atoms with van der Waals surface area (Å²) in [7, 11) is 1.37. The highest BCUT2D eigenvalue weighted by Crippen LogP contribution is 2.37. The molecule has 64 valence electrons. The molecule has 1 aliphatic rings. The summed E-state index contributed by atoms with van der Waals surface area (Å²) in [4.78, 5) is 0. The molecular formula is C10H21B. The van der Waals surface area contributed by atoms with Gasteiger partial charge in [0.15, 0.2) is 0 Å². The quantitative estimate of drug-likeness (QED) is 0.420. The molecule has 0 unspecified atom stereocenters. The Balaban J connectivity index is 2.38. The third kappa shape index (κ3) is 2.88. The molecule has 1 saturated carbocycles. The maximum Gasteiger partial charge on any atom is 0.118 e. The van der Waals surface area contributed by atoms with Gasteiger partial charge in [-0.05, 0) is 18.3 Å². The van der Waals surface area contributed by atoms with Gasteiger partial charge < -0.3 is 0 Å². The summed E-state index contributed by atoms with van der Waals surface area (Å²) in [6.07, 6.45) is 10.4. The zero-order valence-electron chi connectivity index (χ0n) is 8.16. The van der Waals surface area contributed by atoms with E-state index in [2.05, 4.69) is 13.7 Å². The lowest BCUT2D eigenvalue weighted by Gasteiger charge is -2.27. The average molecular weight is 152 g/mol. The van der Waals surface area contributed by atoms with Gasteiger partial charge >= 0.3 is 0 Å². The van der Waals surface area contributed by atoms with Crippen LogP contribution in [0.1, 0.15) is 45.4 Å². The van der Waals surface area contributed by atoms with E-state index in [1.165, 1.54) is 52.1 Å². The van der Waals surface area contributed by atoms with Crippen molar-refractivity contribution in [1.82, 2.24) is 0 Å². The van der Waals surface area contributed by atoms with Gasteiger partial charge in [-0.3, -0.25) is 0 Å². The summed E-state index contributed by atoms with van der Waals surface area (Å²) in [5.74, 6) is 0. The molecule has 0 nitrogen and oxygen atoms in total. The standard InChI is InChI=1S/C10H21B/c1-10(9-11-2)7-5-3-4-6-8-10/h11H,3-9H2,1-2H3. The second-order valence-corrected chi connectivity index (χ2v) is 4.47. The highest BCUT2D eigenvalue weighted by atomic mass is 14.3. The molecule has 0 aromatic rings. The largest absolute Gasteiger partial charge is 0.118 e. The summed E-state index contributed by atoms with van der Waals surface area (Å²) >= 11 is 0. The van der Waals surface area contributed by atoms with Gasteiger partial charge in [-0.2, -0.15) is 0 Å². The molecule has 0 amide bonds. The minimum atomic E-state index is 0.714. The van der Waals surface area contributed by atoms with Gasteiger partial charge in [0, 0.05) is 0 Å². The Kier molecular flexibility index (Phi) is 3.48. The van der Waals surface area contributed by atoms with E-state index >= 15 is 0 Å². The van der Waals surface area contributed by atoms with Crippen LogP contribution in [-0.2, 0) is 0 Å². The molecule has 1 aliphatic carbocycles. The molecule has 0 aromatic carbocycles. The molecule has 0 saturated heterocycles. The fourth-order valence-corrected chi connectivity index (χ4v) is 2.44. The zero-order valence-corrected chi connectivity index (χ0v) is 8.16. The van der Waals surface area contributed by atoms with Crippen LogP contribution in [0.5, 0.6) is 0 Å².